The van der Waals surface area contributed by atoms with Crippen molar-refractivity contribution in [1.29, 1.82) is 0 Å². The third-order valence-electron chi connectivity index (χ3n) is 4.75. The van der Waals surface area contributed by atoms with E-state index in [1.54, 1.807) is 29.8 Å². The molecule has 8 heteroatoms. The maximum Gasteiger partial charge on any atom is 0.272 e. The molecule has 0 bridgehead atoms. The first-order valence-corrected chi connectivity index (χ1v) is 9.09. The van der Waals surface area contributed by atoms with Crippen LogP contribution in [0.1, 0.15) is 28.3 Å². The lowest BCUT2D eigenvalue weighted by Crippen LogP contribution is -2.53. The predicted molar refractivity (Wildman–Crippen MR) is 87.6 cm³/mol. The van der Waals surface area contributed by atoms with Crippen molar-refractivity contribution in [3.63, 3.8) is 0 Å². The molecule has 7 nitrogen and oxygen atoms in total. The summed E-state index contributed by atoms with van der Waals surface area (Å²) in [7, 11) is 0. The fraction of sp³-hybridized carbons (Fsp3) is 0.562. The minimum atomic E-state index is 0.00940. The number of hydrogen-bond acceptors (Lipinski definition) is 6. The van der Waals surface area contributed by atoms with E-state index in [4.69, 9.17) is 9.47 Å². The molecule has 1 amide bonds. The Bertz CT molecular complexity index is 661. The third-order valence-corrected chi connectivity index (χ3v) is 5.51. The molecule has 2 fully saturated rings. The number of nitrogens with one attached hydrogen (secondary N) is 1. The quantitative estimate of drug-likeness (QED) is 0.890. The Kier molecular flexibility index (Phi) is 4.59. The molecule has 1 saturated heterocycles. The summed E-state index contributed by atoms with van der Waals surface area (Å²) in [4.78, 5) is 18.8. The van der Waals surface area contributed by atoms with Crippen molar-refractivity contribution in [3.05, 3.63) is 34.5 Å². The number of amides is 1. The van der Waals surface area contributed by atoms with Gasteiger partial charge in [0.15, 0.2) is 0 Å². The van der Waals surface area contributed by atoms with E-state index in [0.717, 1.165) is 17.8 Å². The molecule has 2 aromatic heterocycles. The lowest BCUT2D eigenvalue weighted by Gasteiger charge is -2.39. The van der Waals surface area contributed by atoms with E-state index in [2.05, 4.69) is 15.2 Å². The van der Waals surface area contributed by atoms with Gasteiger partial charge >= 0.3 is 0 Å². The highest BCUT2D eigenvalue weighted by Crippen LogP contribution is 2.35. The first kappa shape index (κ1) is 15.7. The summed E-state index contributed by atoms with van der Waals surface area (Å²) in [5.74, 6) is 0.336. The lowest BCUT2D eigenvalue weighted by atomic mass is 10.0. The van der Waals surface area contributed by atoms with Crippen LogP contribution in [0.5, 0.6) is 0 Å². The minimum absolute atomic E-state index is 0.00940. The summed E-state index contributed by atoms with van der Waals surface area (Å²) in [6.07, 6.45) is 5.42. The number of nitrogens with zero attached hydrogens (tertiary/aromatic N) is 3. The highest BCUT2D eigenvalue weighted by molar-refractivity contribution is 7.09. The minimum Gasteiger partial charge on any atom is -0.374 e. The average molecular weight is 348 g/mol. The maximum absolute atomic E-state index is 12.6. The molecule has 3 atom stereocenters. The molecule has 0 spiro atoms. The largest absolute Gasteiger partial charge is 0.374 e. The highest BCUT2D eigenvalue weighted by atomic mass is 32.1. The second-order valence-electron chi connectivity index (χ2n) is 6.15. The molecular formula is C16H20N4O3S. The molecule has 1 aliphatic heterocycles. The fourth-order valence-corrected chi connectivity index (χ4v) is 4.19. The van der Waals surface area contributed by atoms with Crippen LogP contribution in [0, 0.1) is 5.92 Å². The Hall–Kier alpha value is -1.77. The van der Waals surface area contributed by atoms with Crippen LogP contribution in [0.2, 0.25) is 0 Å². The zero-order chi connectivity index (χ0) is 16.4. The molecule has 0 unspecified atom stereocenters. The van der Waals surface area contributed by atoms with Crippen molar-refractivity contribution in [2.24, 2.45) is 5.92 Å². The molecule has 3 heterocycles. The zero-order valence-corrected chi connectivity index (χ0v) is 14.1. The second-order valence-corrected chi connectivity index (χ2v) is 7.13. The summed E-state index contributed by atoms with van der Waals surface area (Å²) in [5.41, 5.74) is 0.541. The van der Waals surface area contributed by atoms with Gasteiger partial charge in [-0.25, -0.2) is 4.98 Å². The Morgan fingerprint density at radius 3 is 3.21 bits per heavy atom. The van der Waals surface area contributed by atoms with E-state index >= 15 is 0 Å². The molecule has 1 N–H and O–H groups in total. The van der Waals surface area contributed by atoms with Gasteiger partial charge < -0.3 is 14.4 Å². The van der Waals surface area contributed by atoms with Gasteiger partial charge in [0.25, 0.3) is 5.91 Å². The molecule has 1 aliphatic carbocycles. The summed E-state index contributed by atoms with van der Waals surface area (Å²) < 4.78 is 11.8. The van der Waals surface area contributed by atoms with Gasteiger partial charge in [0.05, 0.1) is 32.0 Å². The van der Waals surface area contributed by atoms with Crippen molar-refractivity contribution >= 4 is 17.2 Å². The SMILES string of the molecule is O=C(c1ccn[nH]1)N1CCO[C@@H]2[C@H](COCc3nccs3)CC[C@H]21. The van der Waals surface area contributed by atoms with E-state index in [9.17, 15) is 4.79 Å². The predicted octanol–water partition coefficient (Wildman–Crippen LogP) is 1.70. The van der Waals surface area contributed by atoms with Gasteiger partial charge in [-0.15, -0.1) is 11.3 Å². The number of aromatic amines is 1. The molecule has 4 rings (SSSR count). The number of ether oxygens (including phenoxy) is 2. The first-order valence-electron chi connectivity index (χ1n) is 8.21. The van der Waals surface area contributed by atoms with E-state index in [1.807, 2.05) is 10.3 Å². The van der Waals surface area contributed by atoms with Crippen LogP contribution >= 0.6 is 11.3 Å². The van der Waals surface area contributed by atoms with Crippen LogP contribution in [-0.2, 0) is 16.1 Å². The van der Waals surface area contributed by atoms with E-state index in [1.165, 1.54) is 0 Å². The van der Waals surface area contributed by atoms with Crippen molar-refractivity contribution < 1.29 is 14.3 Å². The molecule has 128 valence electrons. The van der Waals surface area contributed by atoms with Crippen LogP contribution in [0.3, 0.4) is 0 Å². The van der Waals surface area contributed by atoms with Crippen molar-refractivity contribution in [3.8, 4) is 0 Å². The number of aromatic nitrogens is 3. The van der Waals surface area contributed by atoms with Gasteiger partial charge in [0.2, 0.25) is 0 Å². The third kappa shape index (κ3) is 3.09. The molecule has 2 aliphatic rings. The van der Waals surface area contributed by atoms with Gasteiger partial charge in [-0.2, -0.15) is 5.10 Å². The van der Waals surface area contributed by atoms with E-state index < -0.39 is 0 Å². The van der Waals surface area contributed by atoms with Crippen molar-refractivity contribution in [1.82, 2.24) is 20.1 Å². The van der Waals surface area contributed by atoms with E-state index in [-0.39, 0.29) is 18.1 Å². The first-order chi connectivity index (χ1) is 11.8. The Balaban J connectivity index is 1.36. The highest BCUT2D eigenvalue weighted by Gasteiger charge is 2.44. The van der Waals surface area contributed by atoms with Gasteiger partial charge in [-0.05, 0) is 18.9 Å². The van der Waals surface area contributed by atoms with Crippen LogP contribution in [-0.4, -0.2) is 57.9 Å². The van der Waals surface area contributed by atoms with Gasteiger partial charge in [0.1, 0.15) is 10.7 Å². The van der Waals surface area contributed by atoms with Crippen molar-refractivity contribution in [2.45, 2.75) is 31.6 Å². The summed E-state index contributed by atoms with van der Waals surface area (Å²) in [6, 6.07) is 1.85. The molecule has 2 aromatic rings. The fourth-order valence-electron chi connectivity index (χ4n) is 3.64. The summed E-state index contributed by atoms with van der Waals surface area (Å²) in [5, 5.41) is 9.58. The zero-order valence-electron chi connectivity index (χ0n) is 13.3. The average Bonchev–Trinajstić information content (AvgIpc) is 3.36. The van der Waals surface area contributed by atoms with Crippen LogP contribution in [0.25, 0.3) is 0 Å². The Morgan fingerprint density at radius 2 is 2.42 bits per heavy atom. The van der Waals surface area contributed by atoms with Gasteiger partial charge in [0, 0.05) is 30.2 Å². The number of carbonyl (C=O) groups excluding carboxylic acids is 1. The number of thiazole rings is 1. The normalized spacial score (nSPS) is 26.5. The number of rotatable bonds is 5. The Labute approximate surface area is 144 Å². The second kappa shape index (κ2) is 7.00. The smallest absolute Gasteiger partial charge is 0.272 e. The Morgan fingerprint density at radius 1 is 1.46 bits per heavy atom. The standard InChI is InChI=1S/C16H20N4O3S/c21-16(12-3-4-18-19-12)20-6-7-23-15-11(1-2-13(15)20)9-22-10-14-17-5-8-24-14/h3-5,8,11,13,15H,1-2,6-7,9-10H2,(H,18,19)/t11-,13+,15+/m0/s1. The lowest BCUT2D eigenvalue weighted by molar-refractivity contribution is -0.0766. The summed E-state index contributed by atoms with van der Waals surface area (Å²) >= 11 is 1.60. The molecular weight excluding hydrogens is 328 g/mol. The number of fused-ring (bicyclic) bond motifs is 1. The maximum atomic E-state index is 12.6. The molecule has 1 saturated carbocycles. The van der Waals surface area contributed by atoms with Gasteiger partial charge in [-0.3, -0.25) is 9.89 Å². The number of hydrogen-bond donors (Lipinski definition) is 1. The number of carbonyl (C=O) groups is 1. The van der Waals surface area contributed by atoms with Crippen LogP contribution < -0.4 is 0 Å². The molecule has 0 radical (unpaired) electrons. The van der Waals surface area contributed by atoms with E-state index in [0.29, 0.717) is 38.0 Å². The van der Waals surface area contributed by atoms with Gasteiger partial charge in [-0.1, -0.05) is 0 Å². The number of morpholine rings is 1. The van der Waals surface area contributed by atoms with Crippen LogP contribution in [0.4, 0.5) is 0 Å². The molecule has 24 heavy (non-hydrogen) atoms. The van der Waals surface area contributed by atoms with Crippen LogP contribution in [0.15, 0.2) is 23.8 Å². The number of H-pyrrole nitrogens is 1. The summed E-state index contributed by atoms with van der Waals surface area (Å²) in [6.45, 7) is 2.39. The molecule has 0 aromatic carbocycles. The monoisotopic (exact) mass is 348 g/mol. The van der Waals surface area contributed by atoms with Crippen molar-refractivity contribution in [2.75, 3.05) is 19.8 Å². The topological polar surface area (TPSA) is 80.3 Å².